The van der Waals surface area contributed by atoms with Crippen molar-refractivity contribution in [2.45, 2.75) is 0 Å². The van der Waals surface area contributed by atoms with Crippen LogP contribution in [0.5, 0.6) is 11.6 Å². The molecular formula is C10H7BrCl2N4O. The summed E-state index contributed by atoms with van der Waals surface area (Å²) in [5.41, 5.74) is 2.32. The maximum Gasteiger partial charge on any atom is 0.240 e. The molecular weight excluding hydrogens is 343 g/mol. The maximum atomic E-state index is 6.03. The Hall–Kier alpha value is -1.08. The summed E-state index contributed by atoms with van der Waals surface area (Å²) in [5.74, 6) is 6.14. The molecule has 0 saturated carbocycles. The Kier molecular flexibility index (Phi) is 4.23. The molecule has 0 bridgehead atoms. The Morgan fingerprint density at radius 1 is 1.28 bits per heavy atom. The number of hydrogen-bond donors (Lipinski definition) is 2. The summed E-state index contributed by atoms with van der Waals surface area (Å²) in [4.78, 5) is 7.86. The lowest BCUT2D eigenvalue weighted by atomic mass is 10.3. The van der Waals surface area contributed by atoms with Crippen molar-refractivity contribution in [3.05, 3.63) is 38.9 Å². The molecule has 1 aromatic heterocycles. The van der Waals surface area contributed by atoms with Crippen LogP contribution in [0.15, 0.2) is 28.9 Å². The average Bonchev–Trinajstić information content (AvgIpc) is 2.36. The molecule has 18 heavy (non-hydrogen) atoms. The Morgan fingerprint density at radius 3 is 2.78 bits per heavy atom. The number of halogens is 3. The van der Waals surface area contributed by atoms with E-state index in [9.17, 15) is 0 Å². The third-order valence-electron chi connectivity index (χ3n) is 1.95. The van der Waals surface area contributed by atoms with Crippen LogP contribution in [0, 0.1) is 0 Å². The fourth-order valence-electron chi connectivity index (χ4n) is 1.16. The molecule has 94 valence electrons. The highest BCUT2D eigenvalue weighted by Crippen LogP contribution is 2.36. The SMILES string of the molecule is NNc1nccc(Oc2cc(Cl)c(Br)cc2Cl)n1. The second-order valence-corrected chi connectivity index (χ2v) is 4.83. The van der Waals surface area contributed by atoms with Crippen LogP contribution in [0.2, 0.25) is 10.0 Å². The first kappa shape index (κ1) is 13.4. The molecule has 0 unspecified atom stereocenters. The number of aromatic nitrogens is 2. The van der Waals surface area contributed by atoms with Crippen molar-refractivity contribution in [1.82, 2.24) is 9.97 Å². The van der Waals surface area contributed by atoms with E-state index in [2.05, 4.69) is 31.3 Å². The molecule has 0 fully saturated rings. The Morgan fingerprint density at radius 2 is 2.06 bits per heavy atom. The van der Waals surface area contributed by atoms with Crippen LogP contribution >= 0.6 is 39.1 Å². The van der Waals surface area contributed by atoms with E-state index in [-0.39, 0.29) is 5.95 Å². The van der Waals surface area contributed by atoms with Gasteiger partial charge in [-0.3, -0.25) is 5.43 Å². The zero-order valence-corrected chi connectivity index (χ0v) is 11.9. The molecule has 3 N–H and O–H groups in total. The number of ether oxygens (including phenoxy) is 1. The van der Waals surface area contributed by atoms with Gasteiger partial charge in [-0.1, -0.05) is 23.2 Å². The van der Waals surface area contributed by atoms with Crippen molar-refractivity contribution in [2.75, 3.05) is 5.43 Å². The fraction of sp³-hybridized carbons (Fsp3) is 0. The monoisotopic (exact) mass is 348 g/mol. The van der Waals surface area contributed by atoms with E-state index in [0.717, 1.165) is 0 Å². The number of nitrogens with one attached hydrogen (secondary N) is 1. The number of nitrogens with two attached hydrogens (primary N) is 1. The molecule has 0 amide bonds. The van der Waals surface area contributed by atoms with Crippen LogP contribution in [-0.4, -0.2) is 9.97 Å². The fourth-order valence-corrected chi connectivity index (χ4v) is 1.99. The highest BCUT2D eigenvalue weighted by atomic mass is 79.9. The molecule has 2 aromatic rings. The normalized spacial score (nSPS) is 10.2. The summed E-state index contributed by atoms with van der Waals surface area (Å²) in [7, 11) is 0. The molecule has 0 aliphatic heterocycles. The van der Waals surface area contributed by atoms with E-state index in [4.69, 9.17) is 33.8 Å². The van der Waals surface area contributed by atoms with Gasteiger partial charge in [-0.15, -0.1) is 0 Å². The first-order chi connectivity index (χ1) is 8.60. The van der Waals surface area contributed by atoms with Gasteiger partial charge in [0.25, 0.3) is 0 Å². The minimum Gasteiger partial charge on any atom is -0.437 e. The molecule has 1 heterocycles. The quantitative estimate of drug-likeness (QED) is 0.503. The number of nitrogen functional groups attached to an aromatic ring is 1. The van der Waals surface area contributed by atoms with Gasteiger partial charge < -0.3 is 4.74 Å². The molecule has 1 aromatic carbocycles. The summed E-state index contributed by atoms with van der Waals surface area (Å²) in [6, 6.07) is 4.81. The summed E-state index contributed by atoms with van der Waals surface area (Å²) >= 11 is 15.3. The predicted octanol–water partition coefficient (Wildman–Crippen LogP) is 3.62. The summed E-state index contributed by atoms with van der Waals surface area (Å²) < 4.78 is 6.19. The lowest BCUT2D eigenvalue weighted by Crippen LogP contribution is -2.10. The Balaban J connectivity index is 2.30. The number of benzene rings is 1. The van der Waals surface area contributed by atoms with Crippen LogP contribution in [0.1, 0.15) is 0 Å². The van der Waals surface area contributed by atoms with E-state index in [1.54, 1.807) is 18.2 Å². The number of hydrogen-bond acceptors (Lipinski definition) is 5. The van der Waals surface area contributed by atoms with Gasteiger partial charge in [0, 0.05) is 22.8 Å². The van der Waals surface area contributed by atoms with Crippen molar-refractivity contribution in [3.8, 4) is 11.6 Å². The molecule has 5 nitrogen and oxygen atoms in total. The number of hydrazine groups is 1. The van der Waals surface area contributed by atoms with E-state index in [0.29, 0.717) is 26.1 Å². The topological polar surface area (TPSA) is 73.1 Å². The molecule has 0 atom stereocenters. The number of nitrogens with zero attached hydrogens (tertiary/aromatic N) is 2. The number of anilines is 1. The second-order valence-electron chi connectivity index (χ2n) is 3.16. The van der Waals surface area contributed by atoms with E-state index < -0.39 is 0 Å². The van der Waals surface area contributed by atoms with Gasteiger partial charge in [-0.25, -0.2) is 10.8 Å². The van der Waals surface area contributed by atoms with Crippen molar-refractivity contribution in [3.63, 3.8) is 0 Å². The van der Waals surface area contributed by atoms with Crippen LogP contribution in [0.25, 0.3) is 0 Å². The lowest BCUT2D eigenvalue weighted by Gasteiger charge is -2.08. The Bertz CT molecular complexity index is 582. The van der Waals surface area contributed by atoms with Crippen LogP contribution in [-0.2, 0) is 0 Å². The smallest absolute Gasteiger partial charge is 0.240 e. The Labute approximate surface area is 121 Å². The third kappa shape index (κ3) is 3.02. The van der Waals surface area contributed by atoms with Crippen LogP contribution < -0.4 is 16.0 Å². The van der Waals surface area contributed by atoms with Crippen molar-refractivity contribution >= 4 is 45.1 Å². The molecule has 2 rings (SSSR count). The van der Waals surface area contributed by atoms with Crippen molar-refractivity contribution < 1.29 is 4.74 Å². The average molecular weight is 350 g/mol. The second kappa shape index (κ2) is 5.71. The van der Waals surface area contributed by atoms with E-state index >= 15 is 0 Å². The van der Waals surface area contributed by atoms with Crippen molar-refractivity contribution in [1.29, 1.82) is 0 Å². The molecule has 0 radical (unpaired) electrons. The van der Waals surface area contributed by atoms with Crippen LogP contribution in [0.4, 0.5) is 5.95 Å². The van der Waals surface area contributed by atoms with Gasteiger partial charge in [0.05, 0.1) is 10.0 Å². The highest BCUT2D eigenvalue weighted by Gasteiger charge is 2.09. The van der Waals surface area contributed by atoms with Gasteiger partial charge in [0.15, 0.2) is 0 Å². The first-order valence-corrected chi connectivity index (χ1v) is 6.27. The standard InChI is InChI=1S/C10H7BrCl2N4O/c11-5-3-7(13)8(4-6(5)12)18-9-1-2-15-10(16-9)17-14/h1-4H,14H2,(H,15,16,17). The van der Waals surface area contributed by atoms with E-state index in [1.165, 1.54) is 6.20 Å². The van der Waals surface area contributed by atoms with Crippen LogP contribution in [0.3, 0.4) is 0 Å². The zero-order chi connectivity index (χ0) is 13.1. The molecule has 0 aliphatic carbocycles. The predicted molar refractivity (Wildman–Crippen MR) is 74.1 cm³/mol. The number of rotatable bonds is 3. The van der Waals surface area contributed by atoms with Gasteiger partial charge in [0.1, 0.15) is 5.75 Å². The molecule has 0 spiro atoms. The molecule has 8 heteroatoms. The first-order valence-electron chi connectivity index (χ1n) is 4.72. The van der Waals surface area contributed by atoms with Crippen molar-refractivity contribution in [2.24, 2.45) is 5.84 Å². The van der Waals surface area contributed by atoms with Gasteiger partial charge in [-0.05, 0) is 22.0 Å². The molecule has 0 saturated heterocycles. The maximum absolute atomic E-state index is 6.03. The zero-order valence-electron chi connectivity index (χ0n) is 8.82. The van der Waals surface area contributed by atoms with Gasteiger partial charge in [-0.2, -0.15) is 4.98 Å². The summed E-state index contributed by atoms with van der Waals surface area (Å²) in [6.07, 6.45) is 1.51. The van der Waals surface area contributed by atoms with Gasteiger partial charge in [0.2, 0.25) is 11.8 Å². The minimum atomic E-state index is 0.242. The highest BCUT2D eigenvalue weighted by molar-refractivity contribution is 9.10. The summed E-state index contributed by atoms with van der Waals surface area (Å²) in [5, 5.41) is 0.896. The van der Waals surface area contributed by atoms with E-state index in [1.807, 2.05) is 0 Å². The minimum absolute atomic E-state index is 0.242. The third-order valence-corrected chi connectivity index (χ3v) is 3.44. The lowest BCUT2D eigenvalue weighted by molar-refractivity contribution is 0.462. The molecule has 0 aliphatic rings. The summed E-state index contributed by atoms with van der Waals surface area (Å²) in [6.45, 7) is 0. The van der Waals surface area contributed by atoms with Gasteiger partial charge >= 0.3 is 0 Å². The largest absolute Gasteiger partial charge is 0.437 e.